The molecule has 3 heteroatoms. The zero-order valence-corrected chi connectivity index (χ0v) is 14.7. The van der Waals surface area contributed by atoms with Crippen molar-refractivity contribution in [2.75, 3.05) is 19.3 Å². The van der Waals surface area contributed by atoms with Crippen molar-refractivity contribution in [2.24, 2.45) is 5.41 Å². The number of likely N-dealkylation sites (N-methyl/N-ethyl adjacent to an activating group) is 1. The molecule has 1 aliphatic carbocycles. The third kappa shape index (κ3) is 4.51. The van der Waals surface area contributed by atoms with E-state index in [-0.39, 0.29) is 0 Å². The van der Waals surface area contributed by atoms with E-state index in [1.807, 2.05) is 11.3 Å². The van der Waals surface area contributed by atoms with Gasteiger partial charge in [-0.25, -0.2) is 0 Å². The van der Waals surface area contributed by atoms with Crippen LogP contribution in [0, 0.1) is 5.41 Å². The molecule has 0 aliphatic heterocycles. The van der Waals surface area contributed by atoms with Crippen LogP contribution >= 0.6 is 24.0 Å². The summed E-state index contributed by atoms with van der Waals surface area (Å²) in [5, 5.41) is 2.18. The standard InChI is InChI=1S/C17H29NS2/c1-15(12-16-8-7-11-20-16)18(2)13-17(14-19)9-5-3-4-6-10-17/h7-8,11,15,19H,3-6,9-10,12-14H2,1-2H3. The lowest BCUT2D eigenvalue weighted by Crippen LogP contribution is -2.41. The molecular formula is C17H29NS2. The first kappa shape index (κ1) is 16.4. The Morgan fingerprint density at radius 3 is 2.55 bits per heavy atom. The third-order valence-electron chi connectivity index (χ3n) is 4.91. The van der Waals surface area contributed by atoms with Gasteiger partial charge in [0.25, 0.3) is 0 Å². The van der Waals surface area contributed by atoms with Gasteiger partial charge in [0.15, 0.2) is 0 Å². The minimum Gasteiger partial charge on any atom is -0.303 e. The average molecular weight is 312 g/mol. The van der Waals surface area contributed by atoms with Crippen molar-refractivity contribution in [3.05, 3.63) is 22.4 Å². The second-order valence-electron chi connectivity index (χ2n) is 6.62. The number of rotatable bonds is 6. The number of thiol groups is 1. The zero-order chi connectivity index (χ0) is 14.4. The van der Waals surface area contributed by atoms with Crippen LogP contribution in [0.1, 0.15) is 50.3 Å². The molecule has 0 N–H and O–H groups in total. The van der Waals surface area contributed by atoms with Gasteiger partial charge >= 0.3 is 0 Å². The van der Waals surface area contributed by atoms with E-state index in [1.165, 1.54) is 56.4 Å². The van der Waals surface area contributed by atoms with Crippen LogP contribution in [0.5, 0.6) is 0 Å². The third-order valence-corrected chi connectivity index (χ3v) is 6.48. The largest absolute Gasteiger partial charge is 0.303 e. The number of nitrogens with zero attached hydrogens (tertiary/aromatic N) is 1. The molecule has 0 saturated heterocycles. The molecule has 1 aliphatic rings. The number of hydrogen-bond acceptors (Lipinski definition) is 3. The quantitative estimate of drug-likeness (QED) is 0.579. The minimum absolute atomic E-state index is 0.456. The second-order valence-corrected chi connectivity index (χ2v) is 7.97. The number of hydrogen-bond donors (Lipinski definition) is 1. The lowest BCUT2D eigenvalue weighted by molar-refractivity contribution is 0.143. The molecule has 2 rings (SSSR count). The van der Waals surface area contributed by atoms with Crippen molar-refractivity contribution in [1.29, 1.82) is 0 Å². The van der Waals surface area contributed by atoms with Gasteiger partial charge in [-0.05, 0) is 55.8 Å². The Hall–Kier alpha value is 0.01000. The SMILES string of the molecule is CC(Cc1cccs1)N(C)CC1(CS)CCCCCC1. The second kappa shape index (κ2) is 7.86. The minimum atomic E-state index is 0.456. The van der Waals surface area contributed by atoms with Crippen molar-refractivity contribution in [1.82, 2.24) is 4.90 Å². The Balaban J connectivity index is 1.91. The van der Waals surface area contributed by atoms with E-state index in [4.69, 9.17) is 12.6 Å². The van der Waals surface area contributed by atoms with E-state index < -0.39 is 0 Å². The first-order valence-corrected chi connectivity index (χ1v) is 9.50. The molecule has 1 unspecified atom stereocenters. The fraction of sp³-hybridized carbons (Fsp3) is 0.765. The van der Waals surface area contributed by atoms with Gasteiger partial charge in [-0.1, -0.05) is 31.7 Å². The molecule has 1 saturated carbocycles. The van der Waals surface area contributed by atoms with Crippen LogP contribution in [0.2, 0.25) is 0 Å². The van der Waals surface area contributed by atoms with E-state index in [9.17, 15) is 0 Å². The van der Waals surface area contributed by atoms with Gasteiger partial charge < -0.3 is 4.90 Å². The van der Waals surface area contributed by atoms with E-state index >= 15 is 0 Å². The highest BCUT2D eigenvalue weighted by Gasteiger charge is 2.31. The molecular weight excluding hydrogens is 282 g/mol. The van der Waals surface area contributed by atoms with Gasteiger partial charge in [-0.15, -0.1) is 11.3 Å². The highest BCUT2D eigenvalue weighted by atomic mass is 32.1. The summed E-state index contributed by atoms with van der Waals surface area (Å²) in [6.07, 6.45) is 9.55. The summed E-state index contributed by atoms with van der Waals surface area (Å²) in [6.45, 7) is 3.58. The van der Waals surface area contributed by atoms with Crippen LogP contribution in [0.4, 0.5) is 0 Å². The van der Waals surface area contributed by atoms with Crippen molar-refractivity contribution in [3.63, 3.8) is 0 Å². The predicted molar refractivity (Wildman–Crippen MR) is 94.1 cm³/mol. The highest BCUT2D eigenvalue weighted by Crippen LogP contribution is 2.37. The lowest BCUT2D eigenvalue weighted by atomic mass is 9.81. The zero-order valence-electron chi connectivity index (χ0n) is 13.0. The first-order chi connectivity index (χ1) is 9.65. The fourth-order valence-electron chi connectivity index (χ4n) is 3.41. The molecule has 1 nitrogen and oxygen atoms in total. The topological polar surface area (TPSA) is 3.24 Å². The molecule has 1 heterocycles. The van der Waals surface area contributed by atoms with Crippen molar-refractivity contribution in [2.45, 2.75) is 57.9 Å². The Bertz CT molecular complexity index is 366. The monoisotopic (exact) mass is 311 g/mol. The molecule has 0 amide bonds. The Morgan fingerprint density at radius 1 is 1.30 bits per heavy atom. The molecule has 0 aromatic carbocycles. The molecule has 1 fully saturated rings. The number of thiophene rings is 1. The van der Waals surface area contributed by atoms with Gasteiger partial charge in [0, 0.05) is 17.5 Å². The van der Waals surface area contributed by atoms with Gasteiger partial charge in [0.2, 0.25) is 0 Å². The van der Waals surface area contributed by atoms with Gasteiger partial charge in [0.05, 0.1) is 0 Å². The van der Waals surface area contributed by atoms with E-state index in [0.717, 1.165) is 5.75 Å². The Labute approximate surface area is 134 Å². The highest BCUT2D eigenvalue weighted by molar-refractivity contribution is 7.80. The summed E-state index contributed by atoms with van der Waals surface area (Å²) in [4.78, 5) is 4.08. The summed E-state index contributed by atoms with van der Waals surface area (Å²) >= 11 is 6.59. The summed E-state index contributed by atoms with van der Waals surface area (Å²) in [7, 11) is 2.30. The van der Waals surface area contributed by atoms with E-state index in [0.29, 0.717) is 11.5 Å². The van der Waals surface area contributed by atoms with Crippen LogP contribution < -0.4 is 0 Å². The van der Waals surface area contributed by atoms with Crippen LogP contribution in [0.25, 0.3) is 0 Å². The molecule has 0 spiro atoms. The molecule has 1 atom stereocenters. The lowest BCUT2D eigenvalue weighted by Gasteiger charge is -2.38. The fourth-order valence-corrected chi connectivity index (χ4v) is 4.65. The summed E-state index contributed by atoms with van der Waals surface area (Å²) < 4.78 is 0. The van der Waals surface area contributed by atoms with Crippen LogP contribution in [0.15, 0.2) is 17.5 Å². The average Bonchev–Trinajstić information content (AvgIpc) is 2.84. The normalized spacial score (nSPS) is 20.8. The van der Waals surface area contributed by atoms with Crippen LogP contribution in [-0.2, 0) is 6.42 Å². The Kier molecular flexibility index (Phi) is 6.44. The molecule has 1 aromatic rings. The molecule has 114 valence electrons. The Morgan fingerprint density at radius 2 is 2.00 bits per heavy atom. The maximum absolute atomic E-state index is 4.70. The maximum Gasteiger partial charge on any atom is 0.0112 e. The van der Waals surface area contributed by atoms with Gasteiger partial charge in [-0.3, -0.25) is 0 Å². The molecule has 0 bridgehead atoms. The maximum atomic E-state index is 4.70. The molecule has 0 radical (unpaired) electrons. The van der Waals surface area contributed by atoms with E-state index in [1.54, 1.807) is 0 Å². The van der Waals surface area contributed by atoms with E-state index in [2.05, 4.69) is 36.4 Å². The van der Waals surface area contributed by atoms with Crippen molar-refractivity contribution in [3.8, 4) is 0 Å². The first-order valence-electron chi connectivity index (χ1n) is 7.99. The molecule has 1 aromatic heterocycles. The smallest absolute Gasteiger partial charge is 0.0112 e. The van der Waals surface area contributed by atoms with Gasteiger partial charge in [-0.2, -0.15) is 12.6 Å². The summed E-state index contributed by atoms with van der Waals surface area (Å²) in [5.41, 5.74) is 0.456. The van der Waals surface area contributed by atoms with Crippen LogP contribution in [-0.4, -0.2) is 30.3 Å². The van der Waals surface area contributed by atoms with Crippen molar-refractivity contribution < 1.29 is 0 Å². The molecule has 20 heavy (non-hydrogen) atoms. The van der Waals surface area contributed by atoms with Gasteiger partial charge in [0.1, 0.15) is 0 Å². The van der Waals surface area contributed by atoms with Crippen molar-refractivity contribution >= 4 is 24.0 Å². The predicted octanol–water partition coefficient (Wildman–Crippen LogP) is 4.88. The summed E-state index contributed by atoms with van der Waals surface area (Å²) in [6, 6.07) is 5.04. The summed E-state index contributed by atoms with van der Waals surface area (Å²) in [5.74, 6) is 1.04. The van der Waals surface area contributed by atoms with Crippen LogP contribution in [0.3, 0.4) is 0 Å².